The Balaban J connectivity index is 1.59. The zero-order valence-corrected chi connectivity index (χ0v) is 18.1. The minimum absolute atomic E-state index is 0.0283. The van der Waals surface area contributed by atoms with Crippen LogP contribution in [-0.4, -0.2) is 56.8 Å². The molecule has 0 radical (unpaired) electrons. The van der Waals surface area contributed by atoms with Gasteiger partial charge in [-0.25, -0.2) is 8.42 Å². The fourth-order valence-corrected chi connectivity index (χ4v) is 5.29. The fraction of sp³-hybridized carbons (Fsp3) is 0.700. The molecule has 0 spiro atoms. The van der Waals surface area contributed by atoms with E-state index < -0.39 is 14.9 Å². The van der Waals surface area contributed by atoms with Crippen molar-refractivity contribution in [2.75, 3.05) is 38.2 Å². The van der Waals surface area contributed by atoms with Crippen molar-refractivity contribution < 1.29 is 22.8 Å². The van der Waals surface area contributed by atoms with E-state index in [0.29, 0.717) is 38.3 Å². The lowest BCUT2D eigenvalue weighted by molar-refractivity contribution is -0.384. The molecule has 0 amide bonds. The lowest BCUT2D eigenvalue weighted by atomic mass is 10.2. The zero-order chi connectivity index (χ0) is 21.4. The van der Waals surface area contributed by atoms with Gasteiger partial charge in [0, 0.05) is 32.3 Å². The van der Waals surface area contributed by atoms with Crippen molar-refractivity contribution in [3.05, 3.63) is 28.3 Å². The van der Waals surface area contributed by atoms with Crippen molar-refractivity contribution in [1.82, 2.24) is 4.31 Å². The maximum Gasteiger partial charge on any atom is 0.293 e. The quantitative estimate of drug-likeness (QED) is 0.355. The number of nitro benzene ring substituents is 1. The predicted octanol–water partition coefficient (Wildman–Crippen LogP) is 3.50. The van der Waals surface area contributed by atoms with Crippen LogP contribution in [0.25, 0.3) is 0 Å². The zero-order valence-electron chi connectivity index (χ0n) is 17.3. The molecular weight excluding hydrogens is 410 g/mol. The van der Waals surface area contributed by atoms with Crippen molar-refractivity contribution in [1.29, 1.82) is 0 Å². The Labute approximate surface area is 177 Å². The molecule has 0 bridgehead atoms. The highest BCUT2D eigenvalue weighted by Crippen LogP contribution is 2.30. The Bertz CT molecular complexity index is 803. The fourth-order valence-electron chi connectivity index (χ4n) is 3.76. The molecule has 9 nitrogen and oxygen atoms in total. The number of ether oxygens (including phenoxy) is 2. The van der Waals surface area contributed by atoms with Crippen LogP contribution in [0.4, 0.5) is 11.4 Å². The molecule has 0 unspecified atom stereocenters. The van der Waals surface area contributed by atoms with Crippen LogP contribution < -0.4 is 5.32 Å². The van der Waals surface area contributed by atoms with E-state index in [-0.39, 0.29) is 16.9 Å². The number of hydrogen-bond donors (Lipinski definition) is 1. The molecule has 1 atom stereocenters. The number of nitro groups is 1. The second kappa shape index (κ2) is 11.0. The van der Waals surface area contributed by atoms with Gasteiger partial charge in [0.1, 0.15) is 5.69 Å². The molecule has 0 aliphatic carbocycles. The standard InChI is InChI=1S/C20H31N3O6S/c24-23(25)19-16-17(30(26,27)22-12-4-1-2-5-13-22)9-10-18(19)21-11-7-15-29-20-8-3-6-14-28-20/h9-10,16,20-21H,1-8,11-15H2/t20-/m1/s1. The van der Waals surface area contributed by atoms with Gasteiger partial charge in [-0.05, 0) is 50.7 Å². The Hall–Kier alpha value is -1.75. The first-order valence-corrected chi connectivity index (χ1v) is 12.2. The van der Waals surface area contributed by atoms with Crippen LogP contribution in [0.5, 0.6) is 0 Å². The van der Waals surface area contributed by atoms with E-state index in [2.05, 4.69) is 5.32 Å². The van der Waals surface area contributed by atoms with Crippen LogP contribution in [0, 0.1) is 10.1 Å². The van der Waals surface area contributed by atoms with Gasteiger partial charge >= 0.3 is 0 Å². The lowest BCUT2D eigenvalue weighted by Gasteiger charge is -2.22. The number of nitrogens with zero attached hydrogens (tertiary/aromatic N) is 2. The Morgan fingerprint density at radius 2 is 1.93 bits per heavy atom. The first-order chi connectivity index (χ1) is 14.5. The first-order valence-electron chi connectivity index (χ1n) is 10.7. The molecule has 2 aliphatic rings. The summed E-state index contributed by atoms with van der Waals surface area (Å²) in [5, 5.41) is 14.6. The SMILES string of the molecule is O=[N+]([O-])c1cc(S(=O)(=O)N2CCCCCC2)ccc1NCCCO[C@@H]1CCCCO1. The van der Waals surface area contributed by atoms with Gasteiger partial charge in [0.25, 0.3) is 5.69 Å². The molecule has 2 fully saturated rings. The highest BCUT2D eigenvalue weighted by molar-refractivity contribution is 7.89. The molecule has 1 aromatic carbocycles. The molecule has 0 aromatic heterocycles. The molecular formula is C20H31N3O6S. The summed E-state index contributed by atoms with van der Waals surface area (Å²) >= 11 is 0. The third kappa shape index (κ3) is 6.13. The van der Waals surface area contributed by atoms with Crippen molar-refractivity contribution in [2.45, 2.75) is 62.6 Å². The van der Waals surface area contributed by atoms with Crippen molar-refractivity contribution in [3.63, 3.8) is 0 Å². The predicted molar refractivity (Wildman–Crippen MR) is 113 cm³/mol. The van der Waals surface area contributed by atoms with Gasteiger partial charge in [-0.3, -0.25) is 10.1 Å². The average Bonchev–Trinajstić information content (AvgIpc) is 3.04. The number of benzene rings is 1. The summed E-state index contributed by atoms with van der Waals surface area (Å²) < 4.78 is 38.5. The molecule has 168 valence electrons. The Morgan fingerprint density at radius 1 is 1.17 bits per heavy atom. The topological polar surface area (TPSA) is 111 Å². The first kappa shape index (κ1) is 22.9. The second-order valence-electron chi connectivity index (χ2n) is 7.70. The summed E-state index contributed by atoms with van der Waals surface area (Å²) in [6, 6.07) is 4.09. The second-order valence-corrected chi connectivity index (χ2v) is 9.64. The van der Waals surface area contributed by atoms with E-state index in [1.807, 2.05) is 0 Å². The van der Waals surface area contributed by atoms with Gasteiger partial charge in [-0.15, -0.1) is 0 Å². The number of rotatable bonds is 9. The van der Waals surface area contributed by atoms with Gasteiger partial charge in [-0.2, -0.15) is 4.31 Å². The summed E-state index contributed by atoms with van der Waals surface area (Å²) in [4.78, 5) is 11.0. The molecule has 0 saturated carbocycles. The molecule has 2 heterocycles. The van der Waals surface area contributed by atoms with Gasteiger partial charge in [0.2, 0.25) is 10.0 Å². The van der Waals surface area contributed by atoms with Crippen molar-refractivity contribution >= 4 is 21.4 Å². The summed E-state index contributed by atoms with van der Waals surface area (Å²) in [5.74, 6) is 0. The van der Waals surface area contributed by atoms with E-state index in [1.165, 1.54) is 16.4 Å². The lowest BCUT2D eigenvalue weighted by Crippen LogP contribution is -2.32. The van der Waals surface area contributed by atoms with Gasteiger partial charge in [0.05, 0.1) is 16.4 Å². The monoisotopic (exact) mass is 441 g/mol. The summed E-state index contributed by atoms with van der Waals surface area (Å²) in [7, 11) is -3.73. The third-order valence-corrected chi connectivity index (χ3v) is 7.34. The molecule has 1 aromatic rings. The van der Waals surface area contributed by atoms with Crippen LogP contribution in [-0.2, 0) is 19.5 Å². The summed E-state index contributed by atoms with van der Waals surface area (Å²) in [6.07, 6.45) is 7.20. The van der Waals surface area contributed by atoms with E-state index in [9.17, 15) is 18.5 Å². The van der Waals surface area contributed by atoms with Crippen LogP contribution in [0.15, 0.2) is 23.1 Å². The molecule has 2 saturated heterocycles. The molecule has 2 aliphatic heterocycles. The Morgan fingerprint density at radius 3 is 2.60 bits per heavy atom. The van der Waals surface area contributed by atoms with E-state index >= 15 is 0 Å². The van der Waals surface area contributed by atoms with Crippen LogP contribution in [0.1, 0.15) is 51.4 Å². The number of sulfonamides is 1. The van der Waals surface area contributed by atoms with E-state index in [1.54, 1.807) is 0 Å². The maximum absolute atomic E-state index is 12.9. The van der Waals surface area contributed by atoms with Crippen LogP contribution >= 0.6 is 0 Å². The average molecular weight is 442 g/mol. The van der Waals surface area contributed by atoms with Gasteiger partial charge in [0.15, 0.2) is 6.29 Å². The van der Waals surface area contributed by atoms with Crippen LogP contribution in [0.3, 0.4) is 0 Å². The molecule has 30 heavy (non-hydrogen) atoms. The minimum Gasteiger partial charge on any atom is -0.379 e. The summed E-state index contributed by atoms with van der Waals surface area (Å²) in [6.45, 7) is 2.61. The summed E-state index contributed by atoms with van der Waals surface area (Å²) in [5.41, 5.74) is 0.0751. The molecule has 1 N–H and O–H groups in total. The molecule has 3 rings (SSSR count). The normalized spacial score (nSPS) is 21.1. The van der Waals surface area contributed by atoms with Gasteiger partial charge < -0.3 is 14.8 Å². The molecule has 10 heteroatoms. The smallest absolute Gasteiger partial charge is 0.293 e. The Kier molecular flexibility index (Phi) is 8.43. The van der Waals surface area contributed by atoms with Crippen molar-refractivity contribution in [2.24, 2.45) is 0 Å². The van der Waals surface area contributed by atoms with Gasteiger partial charge in [-0.1, -0.05) is 12.8 Å². The number of anilines is 1. The van der Waals surface area contributed by atoms with E-state index in [4.69, 9.17) is 9.47 Å². The largest absolute Gasteiger partial charge is 0.379 e. The van der Waals surface area contributed by atoms with Crippen LogP contribution in [0.2, 0.25) is 0 Å². The minimum atomic E-state index is -3.73. The number of nitrogens with one attached hydrogen (secondary N) is 1. The maximum atomic E-state index is 12.9. The number of hydrogen-bond acceptors (Lipinski definition) is 7. The van der Waals surface area contributed by atoms with E-state index in [0.717, 1.165) is 57.6 Å². The third-order valence-electron chi connectivity index (χ3n) is 5.45. The van der Waals surface area contributed by atoms with Crippen molar-refractivity contribution in [3.8, 4) is 0 Å². The highest BCUT2D eigenvalue weighted by atomic mass is 32.2. The highest BCUT2D eigenvalue weighted by Gasteiger charge is 2.28.